The summed E-state index contributed by atoms with van der Waals surface area (Å²) in [7, 11) is 1.58. The molecule has 172 valence electrons. The number of benzene rings is 2. The van der Waals surface area contributed by atoms with E-state index >= 15 is 0 Å². The molecule has 0 fully saturated rings. The van der Waals surface area contributed by atoms with Crippen LogP contribution in [0.5, 0.6) is 5.75 Å². The lowest BCUT2D eigenvalue weighted by Crippen LogP contribution is -2.29. The number of amides is 1. The third-order valence-electron chi connectivity index (χ3n) is 6.40. The summed E-state index contributed by atoms with van der Waals surface area (Å²) in [6.45, 7) is 6.34. The van der Waals surface area contributed by atoms with Gasteiger partial charge in [0.25, 0.3) is 5.91 Å². The monoisotopic (exact) mass is 446 g/mol. The number of hydrogen-bond acceptors (Lipinski definition) is 5. The minimum atomic E-state index is -0.482. The van der Waals surface area contributed by atoms with Crippen LogP contribution in [0.2, 0.25) is 0 Å². The molecule has 1 atom stereocenters. The molecule has 0 bridgehead atoms. The molecule has 0 saturated carbocycles. The first kappa shape index (κ1) is 22.8. The van der Waals surface area contributed by atoms with Gasteiger partial charge >= 0.3 is 5.97 Å². The lowest BCUT2D eigenvalue weighted by molar-refractivity contribution is -0.119. The Labute approximate surface area is 194 Å². The maximum Gasteiger partial charge on any atom is 0.339 e. The Balaban J connectivity index is 1.56. The molecular weight excluding hydrogens is 416 g/mol. The normalized spacial score (nSPS) is 15.6. The number of pyridine rings is 1. The maximum absolute atomic E-state index is 13.3. The minimum Gasteiger partial charge on any atom is -0.497 e. The fraction of sp³-hybridized carbons (Fsp3) is 0.370. The van der Waals surface area contributed by atoms with Crippen molar-refractivity contribution in [3.05, 3.63) is 65.4 Å². The van der Waals surface area contributed by atoms with Crippen LogP contribution in [0.3, 0.4) is 0 Å². The quantitative estimate of drug-likeness (QED) is 0.546. The number of carbonyl (C=O) groups excluding carboxylic acids is 2. The van der Waals surface area contributed by atoms with Crippen LogP contribution in [0.4, 0.5) is 5.69 Å². The molecule has 4 rings (SSSR count). The number of ether oxygens (including phenoxy) is 2. The number of esters is 1. The number of fused-ring (bicyclic) bond motifs is 2. The van der Waals surface area contributed by atoms with Crippen molar-refractivity contribution < 1.29 is 19.1 Å². The molecule has 1 aliphatic rings. The highest BCUT2D eigenvalue weighted by atomic mass is 16.5. The Morgan fingerprint density at radius 3 is 2.52 bits per heavy atom. The predicted molar refractivity (Wildman–Crippen MR) is 129 cm³/mol. The van der Waals surface area contributed by atoms with E-state index in [1.807, 2.05) is 24.3 Å². The molecule has 33 heavy (non-hydrogen) atoms. The van der Waals surface area contributed by atoms with Crippen molar-refractivity contribution in [2.45, 2.75) is 40.0 Å². The van der Waals surface area contributed by atoms with Crippen molar-refractivity contribution in [1.82, 2.24) is 4.98 Å². The molecule has 0 spiro atoms. The summed E-state index contributed by atoms with van der Waals surface area (Å²) in [6.07, 6.45) is 2.65. The van der Waals surface area contributed by atoms with Gasteiger partial charge in [-0.05, 0) is 66.5 Å². The highest BCUT2D eigenvalue weighted by molar-refractivity contribution is 6.06. The van der Waals surface area contributed by atoms with Crippen LogP contribution in [0.25, 0.3) is 10.9 Å². The Bertz CT molecular complexity index is 1180. The Morgan fingerprint density at radius 1 is 1.09 bits per heavy atom. The molecule has 1 heterocycles. The fourth-order valence-electron chi connectivity index (χ4n) is 4.44. The summed E-state index contributed by atoms with van der Waals surface area (Å²) < 4.78 is 10.6. The van der Waals surface area contributed by atoms with E-state index in [9.17, 15) is 9.59 Å². The number of nitrogens with one attached hydrogen (secondary N) is 1. The molecule has 0 radical (unpaired) electrons. The highest BCUT2D eigenvalue weighted by Gasteiger charge is 2.33. The summed E-state index contributed by atoms with van der Waals surface area (Å²) in [5, 5.41) is 3.51. The summed E-state index contributed by atoms with van der Waals surface area (Å²) in [5.74, 6) is 0.262. The van der Waals surface area contributed by atoms with E-state index in [4.69, 9.17) is 14.5 Å². The third kappa shape index (κ3) is 5.00. The third-order valence-corrected chi connectivity index (χ3v) is 6.40. The number of anilines is 1. The second kappa shape index (κ2) is 9.22. The fourth-order valence-corrected chi connectivity index (χ4v) is 4.44. The standard InChI is InChI=1S/C27H30N2O4/c1-27(2,3)17-9-14-23-21(15-17)25(20-7-5-6-8-22(20)29-23)26(31)33-16-24(30)28-18-10-12-19(32-4)13-11-18/h5-8,10-13,17H,9,14-16H2,1-4H3,(H,28,30). The zero-order valence-corrected chi connectivity index (χ0v) is 19.6. The SMILES string of the molecule is COc1ccc(NC(=O)COC(=O)c2c3c(nc4ccccc24)CCC(C(C)(C)C)C3)cc1. The number of nitrogens with zero attached hydrogens (tertiary/aromatic N) is 1. The summed E-state index contributed by atoms with van der Waals surface area (Å²) >= 11 is 0. The molecule has 0 saturated heterocycles. The van der Waals surface area contributed by atoms with E-state index < -0.39 is 11.9 Å². The topological polar surface area (TPSA) is 77.5 Å². The largest absolute Gasteiger partial charge is 0.497 e. The number of rotatable bonds is 5. The van der Waals surface area contributed by atoms with E-state index in [1.165, 1.54) is 0 Å². The van der Waals surface area contributed by atoms with Crippen LogP contribution >= 0.6 is 0 Å². The lowest BCUT2D eigenvalue weighted by Gasteiger charge is -2.35. The summed E-state index contributed by atoms with van der Waals surface area (Å²) in [6, 6.07) is 14.6. The average Bonchev–Trinajstić information content (AvgIpc) is 2.80. The van der Waals surface area contributed by atoms with Gasteiger partial charge < -0.3 is 14.8 Å². The van der Waals surface area contributed by atoms with Gasteiger partial charge in [0.15, 0.2) is 6.61 Å². The van der Waals surface area contributed by atoms with Gasteiger partial charge in [-0.15, -0.1) is 0 Å². The highest BCUT2D eigenvalue weighted by Crippen LogP contribution is 2.39. The summed E-state index contributed by atoms with van der Waals surface area (Å²) in [4.78, 5) is 30.5. The first-order chi connectivity index (χ1) is 15.8. The van der Waals surface area contributed by atoms with Crippen LogP contribution < -0.4 is 10.1 Å². The molecule has 6 nitrogen and oxygen atoms in total. The minimum absolute atomic E-state index is 0.128. The molecule has 2 aromatic carbocycles. The Hall–Kier alpha value is -3.41. The van der Waals surface area contributed by atoms with E-state index in [0.717, 1.165) is 41.4 Å². The van der Waals surface area contributed by atoms with Gasteiger partial charge in [0.2, 0.25) is 0 Å². The molecule has 6 heteroatoms. The van der Waals surface area contributed by atoms with Crippen LogP contribution in [-0.4, -0.2) is 30.6 Å². The molecule has 1 unspecified atom stereocenters. The first-order valence-corrected chi connectivity index (χ1v) is 11.3. The van der Waals surface area contributed by atoms with Gasteiger partial charge in [-0.25, -0.2) is 4.79 Å². The second-order valence-electron chi connectivity index (χ2n) is 9.59. The van der Waals surface area contributed by atoms with Gasteiger partial charge in [-0.2, -0.15) is 0 Å². The van der Waals surface area contributed by atoms with Crippen molar-refractivity contribution in [2.24, 2.45) is 11.3 Å². The van der Waals surface area contributed by atoms with E-state index in [2.05, 4.69) is 26.1 Å². The van der Waals surface area contributed by atoms with Crippen molar-refractivity contribution in [3.8, 4) is 5.75 Å². The number of para-hydroxylation sites is 1. The molecular formula is C27H30N2O4. The smallest absolute Gasteiger partial charge is 0.339 e. The van der Waals surface area contributed by atoms with Gasteiger partial charge in [-0.3, -0.25) is 9.78 Å². The van der Waals surface area contributed by atoms with Crippen LogP contribution in [0, 0.1) is 11.3 Å². The lowest BCUT2D eigenvalue weighted by atomic mass is 9.70. The number of hydrogen-bond donors (Lipinski definition) is 1. The van der Waals surface area contributed by atoms with E-state index in [1.54, 1.807) is 31.4 Å². The van der Waals surface area contributed by atoms with E-state index in [-0.39, 0.29) is 12.0 Å². The molecule has 1 aliphatic carbocycles. The maximum atomic E-state index is 13.3. The van der Waals surface area contributed by atoms with Gasteiger partial charge in [0.1, 0.15) is 5.75 Å². The number of methoxy groups -OCH3 is 1. The van der Waals surface area contributed by atoms with Crippen LogP contribution in [-0.2, 0) is 22.4 Å². The molecule has 1 N–H and O–H groups in total. The molecule has 1 aromatic heterocycles. The zero-order valence-electron chi connectivity index (χ0n) is 19.6. The Morgan fingerprint density at radius 2 is 1.82 bits per heavy atom. The average molecular weight is 447 g/mol. The molecule has 3 aromatic rings. The van der Waals surface area contributed by atoms with Gasteiger partial charge in [-0.1, -0.05) is 39.0 Å². The van der Waals surface area contributed by atoms with Crippen molar-refractivity contribution >= 4 is 28.5 Å². The van der Waals surface area contributed by atoms with Crippen LogP contribution in [0.1, 0.15) is 48.8 Å². The number of aromatic nitrogens is 1. The van der Waals surface area contributed by atoms with Crippen molar-refractivity contribution in [2.75, 3.05) is 19.0 Å². The Kier molecular flexibility index (Phi) is 6.36. The first-order valence-electron chi connectivity index (χ1n) is 11.3. The zero-order chi connectivity index (χ0) is 23.6. The van der Waals surface area contributed by atoms with Gasteiger partial charge in [0, 0.05) is 16.8 Å². The molecule has 0 aliphatic heterocycles. The second-order valence-corrected chi connectivity index (χ2v) is 9.59. The van der Waals surface area contributed by atoms with Crippen LogP contribution in [0.15, 0.2) is 48.5 Å². The summed E-state index contributed by atoms with van der Waals surface area (Å²) in [5.41, 5.74) is 3.98. The van der Waals surface area contributed by atoms with Gasteiger partial charge in [0.05, 0.1) is 18.2 Å². The molecule has 1 amide bonds. The van der Waals surface area contributed by atoms with Crippen molar-refractivity contribution in [1.29, 1.82) is 0 Å². The van der Waals surface area contributed by atoms with Crippen molar-refractivity contribution in [3.63, 3.8) is 0 Å². The number of aryl methyl sites for hydroxylation is 1. The van der Waals surface area contributed by atoms with E-state index in [0.29, 0.717) is 22.9 Å². The number of carbonyl (C=O) groups is 2. The predicted octanol–water partition coefficient (Wildman–Crippen LogP) is 5.19.